The number of fused-ring (bicyclic) bond motifs is 1. The average Bonchev–Trinajstić information content (AvgIpc) is 2.48. The van der Waals surface area contributed by atoms with Crippen LogP contribution < -0.4 is 5.32 Å². The standard InChI is InChI=1S/C17H14ClFN2/c1-11-8-12(14-4-2-3-5-17(14)21-11)10-20-13-6-7-16(19)15(18)9-13/h2-9,20H,10H2,1H3. The molecule has 0 fully saturated rings. The highest BCUT2D eigenvalue weighted by Gasteiger charge is 2.05. The maximum atomic E-state index is 13.2. The van der Waals surface area contributed by atoms with Crippen LogP contribution in [-0.4, -0.2) is 4.98 Å². The summed E-state index contributed by atoms with van der Waals surface area (Å²) >= 11 is 5.79. The summed E-state index contributed by atoms with van der Waals surface area (Å²) in [5.41, 5.74) is 3.90. The van der Waals surface area contributed by atoms with Gasteiger partial charge in [0.25, 0.3) is 0 Å². The lowest BCUT2D eigenvalue weighted by molar-refractivity contribution is 0.628. The van der Waals surface area contributed by atoms with Crippen molar-refractivity contribution in [2.24, 2.45) is 0 Å². The zero-order chi connectivity index (χ0) is 14.8. The molecular weight excluding hydrogens is 287 g/mol. The topological polar surface area (TPSA) is 24.9 Å². The van der Waals surface area contributed by atoms with Crippen molar-refractivity contribution in [3.8, 4) is 0 Å². The first-order valence-corrected chi connectivity index (χ1v) is 7.05. The van der Waals surface area contributed by atoms with Gasteiger partial charge in [0.05, 0.1) is 10.5 Å². The molecule has 0 aliphatic rings. The highest BCUT2D eigenvalue weighted by Crippen LogP contribution is 2.22. The van der Waals surface area contributed by atoms with Crippen molar-refractivity contribution in [2.75, 3.05) is 5.32 Å². The fraction of sp³-hybridized carbons (Fsp3) is 0.118. The van der Waals surface area contributed by atoms with E-state index in [0.717, 1.165) is 27.8 Å². The quantitative estimate of drug-likeness (QED) is 0.740. The van der Waals surface area contributed by atoms with Crippen LogP contribution in [-0.2, 0) is 6.54 Å². The Balaban J connectivity index is 1.89. The van der Waals surface area contributed by atoms with Crippen LogP contribution in [0.15, 0.2) is 48.5 Å². The molecule has 3 rings (SSSR count). The van der Waals surface area contributed by atoms with Crippen molar-refractivity contribution < 1.29 is 4.39 Å². The van der Waals surface area contributed by atoms with Gasteiger partial charge in [0.15, 0.2) is 0 Å². The third kappa shape index (κ3) is 2.98. The van der Waals surface area contributed by atoms with Crippen LogP contribution in [0.4, 0.5) is 10.1 Å². The number of para-hydroxylation sites is 1. The molecule has 0 saturated heterocycles. The third-order valence-corrected chi connectivity index (χ3v) is 3.62. The lowest BCUT2D eigenvalue weighted by Crippen LogP contribution is -2.02. The third-order valence-electron chi connectivity index (χ3n) is 3.33. The van der Waals surface area contributed by atoms with E-state index in [0.29, 0.717) is 6.54 Å². The van der Waals surface area contributed by atoms with Gasteiger partial charge in [-0.15, -0.1) is 0 Å². The molecule has 3 aromatic rings. The molecule has 0 aliphatic heterocycles. The fourth-order valence-corrected chi connectivity index (χ4v) is 2.53. The number of hydrogen-bond donors (Lipinski definition) is 1. The van der Waals surface area contributed by atoms with Crippen LogP contribution in [0.2, 0.25) is 5.02 Å². The molecule has 0 atom stereocenters. The summed E-state index contributed by atoms with van der Waals surface area (Å²) in [6.45, 7) is 2.61. The number of aromatic nitrogens is 1. The number of nitrogens with zero attached hydrogens (tertiary/aromatic N) is 1. The number of benzene rings is 2. The second-order valence-corrected chi connectivity index (χ2v) is 5.33. The molecule has 1 aromatic heterocycles. The fourth-order valence-electron chi connectivity index (χ4n) is 2.34. The molecule has 1 heterocycles. The zero-order valence-electron chi connectivity index (χ0n) is 11.5. The molecule has 0 aliphatic carbocycles. The van der Waals surface area contributed by atoms with Crippen LogP contribution >= 0.6 is 11.6 Å². The number of anilines is 1. The van der Waals surface area contributed by atoms with E-state index in [2.05, 4.69) is 22.4 Å². The van der Waals surface area contributed by atoms with Crippen molar-refractivity contribution in [3.05, 3.63) is 70.6 Å². The number of pyridine rings is 1. The molecule has 106 valence electrons. The van der Waals surface area contributed by atoms with Crippen molar-refractivity contribution in [2.45, 2.75) is 13.5 Å². The zero-order valence-corrected chi connectivity index (χ0v) is 12.3. The van der Waals surface area contributed by atoms with E-state index in [1.807, 2.05) is 25.1 Å². The summed E-state index contributed by atoms with van der Waals surface area (Å²) < 4.78 is 13.2. The molecule has 0 bridgehead atoms. The lowest BCUT2D eigenvalue weighted by atomic mass is 10.1. The molecule has 0 unspecified atom stereocenters. The Hall–Kier alpha value is -2.13. The minimum Gasteiger partial charge on any atom is -0.381 e. The molecule has 2 nitrogen and oxygen atoms in total. The summed E-state index contributed by atoms with van der Waals surface area (Å²) in [7, 11) is 0. The molecule has 2 aromatic carbocycles. The van der Waals surface area contributed by atoms with Gasteiger partial charge in [-0.25, -0.2) is 4.39 Å². The first kappa shape index (κ1) is 13.8. The van der Waals surface area contributed by atoms with Gasteiger partial charge in [0.1, 0.15) is 5.82 Å². The lowest BCUT2D eigenvalue weighted by Gasteiger charge is -2.10. The largest absolute Gasteiger partial charge is 0.381 e. The Kier molecular flexibility index (Phi) is 3.76. The van der Waals surface area contributed by atoms with E-state index < -0.39 is 5.82 Å². The predicted octanol–water partition coefficient (Wildman–Crippen LogP) is 4.95. The van der Waals surface area contributed by atoms with E-state index >= 15 is 0 Å². The second-order valence-electron chi connectivity index (χ2n) is 4.92. The minimum absolute atomic E-state index is 0.121. The Morgan fingerprint density at radius 1 is 1.14 bits per heavy atom. The van der Waals surface area contributed by atoms with Crippen LogP contribution in [0.25, 0.3) is 10.9 Å². The van der Waals surface area contributed by atoms with Gasteiger partial charge in [-0.05, 0) is 42.8 Å². The van der Waals surface area contributed by atoms with E-state index in [9.17, 15) is 4.39 Å². The van der Waals surface area contributed by atoms with Crippen molar-refractivity contribution in [3.63, 3.8) is 0 Å². The average molecular weight is 301 g/mol. The molecular formula is C17H14ClFN2. The first-order chi connectivity index (χ1) is 10.1. The van der Waals surface area contributed by atoms with E-state index in [-0.39, 0.29) is 5.02 Å². The summed E-state index contributed by atoms with van der Waals surface area (Å²) in [5.74, 6) is -0.410. The monoisotopic (exact) mass is 300 g/mol. The number of hydrogen-bond acceptors (Lipinski definition) is 2. The summed E-state index contributed by atoms with van der Waals surface area (Å²) in [4.78, 5) is 4.52. The first-order valence-electron chi connectivity index (χ1n) is 6.68. The maximum absolute atomic E-state index is 13.2. The van der Waals surface area contributed by atoms with E-state index in [4.69, 9.17) is 11.6 Å². The van der Waals surface area contributed by atoms with Gasteiger partial charge in [0, 0.05) is 23.3 Å². The Morgan fingerprint density at radius 2 is 1.95 bits per heavy atom. The Morgan fingerprint density at radius 3 is 2.76 bits per heavy atom. The summed E-state index contributed by atoms with van der Waals surface area (Å²) in [5, 5.41) is 4.51. The number of nitrogens with one attached hydrogen (secondary N) is 1. The molecule has 0 spiro atoms. The Bertz CT molecular complexity index is 802. The summed E-state index contributed by atoms with van der Waals surface area (Å²) in [6.07, 6.45) is 0. The Labute approximate surface area is 127 Å². The van der Waals surface area contributed by atoms with E-state index in [1.54, 1.807) is 12.1 Å². The van der Waals surface area contributed by atoms with Crippen molar-refractivity contribution in [1.82, 2.24) is 4.98 Å². The molecule has 0 amide bonds. The normalized spacial score (nSPS) is 10.8. The highest BCUT2D eigenvalue weighted by molar-refractivity contribution is 6.31. The summed E-state index contributed by atoms with van der Waals surface area (Å²) in [6, 6.07) is 14.7. The van der Waals surface area contributed by atoms with Gasteiger partial charge >= 0.3 is 0 Å². The van der Waals surface area contributed by atoms with Crippen LogP contribution in [0.3, 0.4) is 0 Å². The maximum Gasteiger partial charge on any atom is 0.141 e. The molecule has 0 radical (unpaired) electrons. The highest BCUT2D eigenvalue weighted by atomic mass is 35.5. The van der Waals surface area contributed by atoms with Crippen molar-refractivity contribution >= 4 is 28.2 Å². The smallest absolute Gasteiger partial charge is 0.141 e. The number of halogens is 2. The second kappa shape index (κ2) is 5.70. The molecule has 0 saturated carbocycles. The minimum atomic E-state index is -0.410. The predicted molar refractivity (Wildman–Crippen MR) is 85.2 cm³/mol. The van der Waals surface area contributed by atoms with Crippen LogP contribution in [0.5, 0.6) is 0 Å². The van der Waals surface area contributed by atoms with Gasteiger partial charge < -0.3 is 5.32 Å². The molecule has 1 N–H and O–H groups in total. The number of rotatable bonds is 3. The van der Waals surface area contributed by atoms with Gasteiger partial charge in [-0.1, -0.05) is 29.8 Å². The van der Waals surface area contributed by atoms with E-state index in [1.165, 1.54) is 6.07 Å². The molecule has 4 heteroatoms. The van der Waals surface area contributed by atoms with Crippen LogP contribution in [0.1, 0.15) is 11.3 Å². The molecule has 21 heavy (non-hydrogen) atoms. The SMILES string of the molecule is Cc1cc(CNc2ccc(F)c(Cl)c2)c2ccccc2n1. The van der Waals surface area contributed by atoms with Crippen molar-refractivity contribution in [1.29, 1.82) is 0 Å². The number of aryl methyl sites for hydroxylation is 1. The van der Waals surface area contributed by atoms with Gasteiger partial charge in [0.2, 0.25) is 0 Å². The van der Waals surface area contributed by atoms with Crippen LogP contribution in [0, 0.1) is 12.7 Å². The van der Waals surface area contributed by atoms with Gasteiger partial charge in [-0.2, -0.15) is 0 Å². The van der Waals surface area contributed by atoms with Gasteiger partial charge in [-0.3, -0.25) is 4.98 Å².